The molecule has 0 N–H and O–H groups in total. The van der Waals surface area contributed by atoms with Crippen LogP contribution in [0.5, 0.6) is 0 Å². The van der Waals surface area contributed by atoms with E-state index in [-0.39, 0.29) is 7.43 Å². The Morgan fingerprint density at radius 3 is 1.28 bits per heavy atom. The number of terminal acetylenes is 1. The molecule has 160 valence electrons. The van der Waals surface area contributed by atoms with Crippen molar-refractivity contribution in [1.29, 1.82) is 0 Å². The Balaban J connectivity index is 0.000000257. The maximum atomic E-state index is 5.10. The quantitative estimate of drug-likeness (QED) is 0.101. The number of hydrogen-bond donors (Lipinski definition) is 0. The summed E-state index contributed by atoms with van der Waals surface area (Å²) in [6, 6.07) is 35.8. The van der Waals surface area contributed by atoms with Crippen LogP contribution in [0.2, 0.25) is 0 Å². The molecule has 4 aromatic carbocycles. The van der Waals surface area contributed by atoms with Gasteiger partial charge >= 0.3 is 0 Å². The van der Waals surface area contributed by atoms with Gasteiger partial charge in [-0.25, -0.2) is 0 Å². The normalized spacial score (nSPS) is 8.56. The van der Waals surface area contributed by atoms with Gasteiger partial charge in [-0.05, 0) is 95.4 Å². The molecule has 4 rings (SSSR count). The standard InChI is InChI=1S/C14H9Br.C8H6.C6H4BrI.CH3/c15-14-10-8-13(9-11-14)7-6-12-4-2-1-3-5-12;1-2-8-6-4-3-5-7-8;7-5-1-3-6(8)4-2-5;/h1-5,8-11H;1,3-7H;1-4H;1H3/q;;;-1. The second kappa shape index (κ2) is 16.3. The van der Waals surface area contributed by atoms with E-state index in [2.05, 4.69) is 84.3 Å². The van der Waals surface area contributed by atoms with E-state index < -0.39 is 0 Å². The predicted molar refractivity (Wildman–Crippen MR) is 154 cm³/mol. The van der Waals surface area contributed by atoms with Crippen molar-refractivity contribution in [3.63, 3.8) is 0 Å². The molecule has 32 heavy (non-hydrogen) atoms. The lowest BCUT2D eigenvalue weighted by Crippen LogP contribution is -1.74. The molecular weight excluding hydrogens is 635 g/mol. The molecule has 0 aliphatic heterocycles. The van der Waals surface area contributed by atoms with Gasteiger partial charge in [-0.2, -0.15) is 0 Å². The summed E-state index contributed by atoms with van der Waals surface area (Å²) in [6.07, 6.45) is 5.10. The first-order chi connectivity index (χ1) is 15.1. The molecule has 0 unspecified atom stereocenters. The Labute approximate surface area is 222 Å². The second-order valence-corrected chi connectivity index (χ2v) is 9.15. The molecule has 4 aromatic rings. The first-order valence-electron chi connectivity index (χ1n) is 9.32. The predicted octanol–water partition coefficient (Wildman–Crippen LogP) is 9.02. The van der Waals surface area contributed by atoms with Gasteiger partial charge in [0.2, 0.25) is 0 Å². The van der Waals surface area contributed by atoms with E-state index in [1.165, 1.54) is 3.57 Å². The van der Waals surface area contributed by atoms with Gasteiger partial charge in [0.25, 0.3) is 0 Å². The maximum absolute atomic E-state index is 5.10. The lowest BCUT2D eigenvalue weighted by molar-refractivity contribution is 1.59. The molecule has 0 heterocycles. The summed E-state index contributed by atoms with van der Waals surface area (Å²) in [5, 5.41) is 0. The number of rotatable bonds is 0. The summed E-state index contributed by atoms with van der Waals surface area (Å²) in [5.74, 6) is 8.76. The first kappa shape index (κ1) is 27.7. The molecular formula is C29H22Br2I-. The third kappa shape index (κ3) is 11.9. The number of hydrogen-bond acceptors (Lipinski definition) is 0. The third-order valence-corrected chi connectivity index (χ3v) is 5.49. The van der Waals surface area contributed by atoms with Crippen molar-refractivity contribution in [3.05, 3.63) is 146 Å². The molecule has 0 fully saturated rings. The van der Waals surface area contributed by atoms with Crippen LogP contribution >= 0.6 is 54.5 Å². The summed E-state index contributed by atoms with van der Waals surface area (Å²) in [4.78, 5) is 0. The molecule has 0 nitrogen and oxygen atoms in total. The van der Waals surface area contributed by atoms with Gasteiger partial charge in [0.15, 0.2) is 0 Å². The van der Waals surface area contributed by atoms with Crippen LogP contribution in [0.3, 0.4) is 0 Å². The number of benzene rings is 4. The zero-order valence-corrected chi connectivity index (χ0v) is 22.9. The van der Waals surface area contributed by atoms with Crippen molar-refractivity contribution in [2.24, 2.45) is 0 Å². The van der Waals surface area contributed by atoms with Crippen molar-refractivity contribution >= 4 is 54.5 Å². The van der Waals surface area contributed by atoms with Gasteiger partial charge in [0, 0.05) is 29.2 Å². The molecule has 0 saturated heterocycles. The average Bonchev–Trinajstić information content (AvgIpc) is 2.83. The van der Waals surface area contributed by atoms with E-state index in [1.807, 2.05) is 97.1 Å². The Morgan fingerprint density at radius 2 is 0.906 bits per heavy atom. The van der Waals surface area contributed by atoms with Crippen LogP contribution in [-0.4, -0.2) is 0 Å². The molecule has 0 radical (unpaired) electrons. The molecule has 0 aromatic heterocycles. The highest BCUT2D eigenvalue weighted by atomic mass is 127. The molecule has 0 bridgehead atoms. The van der Waals surface area contributed by atoms with Crippen LogP contribution in [0.15, 0.2) is 118 Å². The highest BCUT2D eigenvalue weighted by Crippen LogP contribution is 2.11. The van der Waals surface area contributed by atoms with E-state index in [1.54, 1.807) is 0 Å². The van der Waals surface area contributed by atoms with Crippen LogP contribution in [0, 0.1) is 35.2 Å². The fourth-order valence-corrected chi connectivity index (χ4v) is 3.05. The second-order valence-electron chi connectivity index (χ2n) is 6.07. The van der Waals surface area contributed by atoms with Gasteiger partial charge in [-0.3, -0.25) is 0 Å². The summed E-state index contributed by atoms with van der Waals surface area (Å²) in [7, 11) is 0. The highest BCUT2D eigenvalue weighted by molar-refractivity contribution is 14.1. The van der Waals surface area contributed by atoms with E-state index in [0.29, 0.717) is 0 Å². The minimum Gasteiger partial charge on any atom is -0.358 e. The van der Waals surface area contributed by atoms with Crippen LogP contribution in [0.4, 0.5) is 0 Å². The molecule has 0 aliphatic carbocycles. The molecule has 0 aliphatic rings. The maximum Gasteiger partial charge on any atom is 0.0249 e. The fourth-order valence-electron chi connectivity index (χ4n) is 2.16. The van der Waals surface area contributed by atoms with E-state index in [4.69, 9.17) is 6.42 Å². The monoisotopic (exact) mass is 655 g/mol. The Bertz CT molecular complexity index is 1110. The highest BCUT2D eigenvalue weighted by Gasteiger charge is 1.87. The summed E-state index contributed by atoms with van der Waals surface area (Å²) in [5.41, 5.74) is 3.01. The minimum absolute atomic E-state index is 0. The van der Waals surface area contributed by atoms with Gasteiger partial charge in [0.05, 0.1) is 0 Å². The number of halogens is 3. The van der Waals surface area contributed by atoms with Crippen LogP contribution < -0.4 is 0 Å². The van der Waals surface area contributed by atoms with Gasteiger partial charge in [-0.15, -0.1) is 6.42 Å². The van der Waals surface area contributed by atoms with E-state index in [0.717, 1.165) is 25.6 Å². The van der Waals surface area contributed by atoms with Gasteiger partial charge < -0.3 is 7.43 Å². The lowest BCUT2D eigenvalue weighted by atomic mass is 10.2. The molecule has 0 atom stereocenters. The summed E-state index contributed by atoms with van der Waals surface area (Å²) < 4.78 is 3.48. The first-order valence-corrected chi connectivity index (χ1v) is 12.0. The zero-order valence-electron chi connectivity index (χ0n) is 17.6. The topological polar surface area (TPSA) is 0 Å². The Kier molecular flexibility index (Phi) is 14.2. The smallest absolute Gasteiger partial charge is 0.0249 e. The van der Waals surface area contributed by atoms with Crippen molar-refractivity contribution < 1.29 is 0 Å². The van der Waals surface area contributed by atoms with Crippen LogP contribution in [0.25, 0.3) is 0 Å². The van der Waals surface area contributed by atoms with Gasteiger partial charge in [0.1, 0.15) is 0 Å². The third-order valence-electron chi connectivity index (χ3n) is 3.71. The largest absolute Gasteiger partial charge is 0.358 e. The van der Waals surface area contributed by atoms with E-state index in [9.17, 15) is 0 Å². The minimum atomic E-state index is 0. The average molecular weight is 657 g/mol. The molecule has 0 spiro atoms. The summed E-state index contributed by atoms with van der Waals surface area (Å²) in [6.45, 7) is 0. The fraction of sp³-hybridized carbons (Fsp3) is 0. The van der Waals surface area contributed by atoms with Crippen molar-refractivity contribution in [3.8, 4) is 24.2 Å². The lowest BCUT2D eigenvalue weighted by Gasteiger charge is -1.90. The molecule has 3 heteroatoms. The van der Waals surface area contributed by atoms with Crippen molar-refractivity contribution in [1.82, 2.24) is 0 Å². The van der Waals surface area contributed by atoms with Crippen molar-refractivity contribution in [2.45, 2.75) is 0 Å². The van der Waals surface area contributed by atoms with Crippen LogP contribution in [0.1, 0.15) is 16.7 Å². The molecule has 0 saturated carbocycles. The van der Waals surface area contributed by atoms with Crippen LogP contribution in [-0.2, 0) is 0 Å². The molecule has 0 amide bonds. The van der Waals surface area contributed by atoms with Crippen molar-refractivity contribution in [2.75, 3.05) is 0 Å². The Hall–Kier alpha value is -2.31. The van der Waals surface area contributed by atoms with E-state index >= 15 is 0 Å². The SMILES string of the molecule is Brc1ccc(C#Cc2ccccc2)cc1.Brc1ccc(I)cc1.C#Cc1ccccc1.[CH3-]. The Morgan fingerprint density at radius 1 is 0.531 bits per heavy atom. The zero-order chi connectivity index (χ0) is 22.3. The summed E-state index contributed by atoms with van der Waals surface area (Å²) >= 11 is 9.01. The van der Waals surface area contributed by atoms with Gasteiger partial charge in [-0.1, -0.05) is 86.0 Å².